The number of aliphatic hydroxyl groups excluding tert-OH is 2. The van der Waals surface area contributed by atoms with Crippen LogP contribution in [0.5, 0.6) is 11.5 Å². The Morgan fingerprint density at radius 1 is 1.11 bits per heavy atom. The van der Waals surface area contributed by atoms with Gasteiger partial charge in [-0.05, 0) is 31.2 Å². The molecular formula is C28H31NO9. The van der Waals surface area contributed by atoms with Crippen LogP contribution in [0.3, 0.4) is 0 Å². The molecule has 2 aromatic carbocycles. The molecule has 1 saturated carbocycles. The van der Waals surface area contributed by atoms with E-state index in [2.05, 4.69) is 0 Å². The van der Waals surface area contributed by atoms with Crippen molar-refractivity contribution >= 4 is 17.3 Å². The van der Waals surface area contributed by atoms with Gasteiger partial charge in [0, 0.05) is 41.1 Å². The van der Waals surface area contributed by atoms with E-state index in [1.54, 1.807) is 19.1 Å². The fourth-order valence-corrected chi connectivity index (χ4v) is 6.29. The number of phenols is 2. The highest BCUT2D eigenvalue weighted by atomic mass is 16.5. The van der Waals surface area contributed by atoms with Crippen LogP contribution in [0.15, 0.2) is 18.2 Å². The van der Waals surface area contributed by atoms with Crippen LogP contribution in [0.4, 0.5) is 0 Å². The second-order valence-corrected chi connectivity index (χ2v) is 10.8. The Labute approximate surface area is 218 Å². The highest BCUT2D eigenvalue weighted by Gasteiger charge is 2.49. The van der Waals surface area contributed by atoms with E-state index in [9.17, 15) is 39.9 Å². The molecule has 38 heavy (non-hydrogen) atoms. The number of fused-ring (bicyclic) bond motifs is 3. The first-order valence-electron chi connectivity index (χ1n) is 12.6. The van der Waals surface area contributed by atoms with Crippen molar-refractivity contribution < 1.29 is 44.7 Å². The van der Waals surface area contributed by atoms with Gasteiger partial charge in [0.2, 0.25) is 0 Å². The van der Waals surface area contributed by atoms with Crippen LogP contribution in [0.2, 0.25) is 0 Å². The van der Waals surface area contributed by atoms with Crippen LogP contribution in [0.1, 0.15) is 80.8 Å². The normalized spacial score (nSPS) is 30.4. The monoisotopic (exact) mass is 525 g/mol. The number of hydrogen-bond acceptors (Lipinski definition) is 10. The largest absolute Gasteiger partial charge is 0.507 e. The topological polar surface area (TPSA) is 188 Å². The molecule has 0 amide bonds. The van der Waals surface area contributed by atoms with Crippen LogP contribution < -0.4 is 5.73 Å². The van der Waals surface area contributed by atoms with Crippen LogP contribution >= 0.6 is 0 Å². The fraction of sp³-hybridized carbons (Fsp3) is 0.464. The summed E-state index contributed by atoms with van der Waals surface area (Å²) in [5, 5.41) is 53.9. The molecule has 0 bridgehead atoms. The third kappa shape index (κ3) is 3.87. The van der Waals surface area contributed by atoms with E-state index in [-0.39, 0.29) is 46.6 Å². The SMILES string of the molecule is Cc1cccc2c1C(=O)c1c(O)c3c(c(O)c1C2=O)C[C@@](O)(C(=O)CO)CC3OC1CC(C)C(O)C(N)C1. The summed E-state index contributed by atoms with van der Waals surface area (Å²) in [4.78, 5) is 39.7. The second-order valence-electron chi connectivity index (χ2n) is 10.8. The lowest BCUT2D eigenvalue weighted by molar-refractivity contribution is -0.151. The maximum Gasteiger partial charge on any atom is 0.198 e. The van der Waals surface area contributed by atoms with Gasteiger partial charge < -0.3 is 36.0 Å². The van der Waals surface area contributed by atoms with E-state index in [4.69, 9.17) is 10.5 Å². The number of phenolic OH excluding ortho intramolecular Hbond substituents is 2. The quantitative estimate of drug-likeness (QED) is 0.268. The van der Waals surface area contributed by atoms with Gasteiger partial charge >= 0.3 is 0 Å². The van der Waals surface area contributed by atoms with Crippen LogP contribution in [0, 0.1) is 12.8 Å². The van der Waals surface area contributed by atoms with Crippen molar-refractivity contribution in [2.24, 2.45) is 11.7 Å². The molecule has 10 nitrogen and oxygen atoms in total. The van der Waals surface area contributed by atoms with E-state index in [1.807, 2.05) is 6.92 Å². The number of Topliss-reactive ketones (excluding diaryl/α,β-unsaturated/α-hetero) is 1. The molecule has 0 aliphatic heterocycles. The molecule has 0 saturated heterocycles. The predicted molar refractivity (Wildman–Crippen MR) is 133 cm³/mol. The molecule has 5 rings (SSSR count). The number of aromatic hydroxyl groups is 2. The first kappa shape index (κ1) is 26.5. The summed E-state index contributed by atoms with van der Waals surface area (Å²) in [5.41, 5.74) is 3.79. The number of nitrogens with two attached hydrogens (primary N) is 1. The Balaban J connectivity index is 1.68. The number of rotatable bonds is 4. The Kier molecular flexibility index (Phi) is 6.44. The van der Waals surface area contributed by atoms with Crippen molar-refractivity contribution in [2.75, 3.05) is 6.61 Å². The molecule has 2 aromatic rings. The third-order valence-electron chi connectivity index (χ3n) is 8.31. The molecule has 3 aliphatic carbocycles. The number of aliphatic hydroxyl groups is 3. The number of hydrogen-bond donors (Lipinski definition) is 6. The number of carbonyl (C=O) groups excluding carboxylic acids is 3. The molecule has 7 N–H and O–H groups in total. The summed E-state index contributed by atoms with van der Waals surface area (Å²) in [6, 6.07) is 4.14. The average molecular weight is 526 g/mol. The minimum atomic E-state index is -2.16. The van der Waals surface area contributed by atoms with E-state index in [0.717, 1.165) is 0 Å². The summed E-state index contributed by atoms with van der Waals surface area (Å²) < 4.78 is 6.27. The summed E-state index contributed by atoms with van der Waals surface area (Å²) in [5.74, 6) is -3.62. The van der Waals surface area contributed by atoms with Crippen molar-refractivity contribution in [3.8, 4) is 11.5 Å². The lowest BCUT2D eigenvalue weighted by atomic mass is 9.71. The van der Waals surface area contributed by atoms with E-state index >= 15 is 0 Å². The molecule has 0 aromatic heterocycles. The van der Waals surface area contributed by atoms with Crippen molar-refractivity contribution in [3.63, 3.8) is 0 Å². The van der Waals surface area contributed by atoms with Crippen LogP contribution in [0.25, 0.3) is 0 Å². The van der Waals surface area contributed by atoms with Gasteiger partial charge in [0.1, 0.15) is 23.7 Å². The maximum atomic E-state index is 13.6. The fourth-order valence-electron chi connectivity index (χ4n) is 6.29. The number of ether oxygens (including phenoxy) is 1. The zero-order valence-electron chi connectivity index (χ0n) is 21.1. The Bertz CT molecular complexity index is 1360. The summed E-state index contributed by atoms with van der Waals surface area (Å²) in [6.07, 6.45) is -2.68. The van der Waals surface area contributed by atoms with Gasteiger partial charge in [-0.3, -0.25) is 14.4 Å². The van der Waals surface area contributed by atoms with Gasteiger partial charge in [-0.2, -0.15) is 0 Å². The third-order valence-corrected chi connectivity index (χ3v) is 8.31. The van der Waals surface area contributed by atoms with Crippen molar-refractivity contribution in [1.29, 1.82) is 0 Å². The molecule has 0 radical (unpaired) electrons. The highest BCUT2D eigenvalue weighted by molar-refractivity contribution is 6.31. The molecule has 0 spiro atoms. The van der Waals surface area contributed by atoms with E-state index < -0.39 is 77.4 Å². The second kappa shape index (κ2) is 9.25. The number of benzene rings is 2. The molecular weight excluding hydrogens is 494 g/mol. The molecule has 202 valence electrons. The van der Waals surface area contributed by atoms with Crippen LogP contribution in [-0.2, 0) is 16.0 Å². The number of carbonyl (C=O) groups is 3. The van der Waals surface area contributed by atoms with Gasteiger partial charge in [-0.25, -0.2) is 0 Å². The smallest absolute Gasteiger partial charge is 0.198 e. The minimum absolute atomic E-state index is 0.00203. The molecule has 0 heterocycles. The summed E-state index contributed by atoms with van der Waals surface area (Å²) in [7, 11) is 0. The van der Waals surface area contributed by atoms with Gasteiger partial charge in [0.05, 0.1) is 29.4 Å². The van der Waals surface area contributed by atoms with Crippen molar-refractivity contribution in [2.45, 2.75) is 69.5 Å². The molecule has 3 aliphatic rings. The maximum absolute atomic E-state index is 13.6. The molecule has 1 fully saturated rings. The van der Waals surface area contributed by atoms with E-state index in [1.165, 1.54) is 6.07 Å². The Morgan fingerprint density at radius 2 is 1.79 bits per heavy atom. The average Bonchev–Trinajstić information content (AvgIpc) is 2.86. The van der Waals surface area contributed by atoms with Gasteiger partial charge in [-0.15, -0.1) is 0 Å². The molecule has 10 heteroatoms. The molecule has 6 atom stereocenters. The first-order valence-corrected chi connectivity index (χ1v) is 12.6. The Morgan fingerprint density at radius 3 is 2.45 bits per heavy atom. The van der Waals surface area contributed by atoms with Gasteiger partial charge in [-0.1, -0.05) is 25.1 Å². The first-order chi connectivity index (χ1) is 17.9. The number of ketones is 3. The summed E-state index contributed by atoms with van der Waals surface area (Å²) in [6.45, 7) is 2.50. The van der Waals surface area contributed by atoms with Crippen LogP contribution in [-0.4, -0.2) is 73.3 Å². The van der Waals surface area contributed by atoms with E-state index in [0.29, 0.717) is 12.0 Å². The van der Waals surface area contributed by atoms with Crippen molar-refractivity contribution in [3.05, 3.63) is 57.1 Å². The predicted octanol–water partition coefficient (Wildman–Crippen LogP) is 0.965. The summed E-state index contributed by atoms with van der Waals surface area (Å²) >= 11 is 0. The Hall–Kier alpha value is -3.15. The number of aryl methyl sites for hydroxylation is 1. The zero-order valence-corrected chi connectivity index (χ0v) is 21.1. The minimum Gasteiger partial charge on any atom is -0.507 e. The van der Waals surface area contributed by atoms with Crippen molar-refractivity contribution in [1.82, 2.24) is 0 Å². The lowest BCUT2D eigenvalue weighted by Crippen LogP contribution is -2.50. The van der Waals surface area contributed by atoms with Gasteiger partial charge in [0.25, 0.3) is 0 Å². The zero-order chi connectivity index (χ0) is 27.7. The lowest BCUT2D eigenvalue weighted by Gasteiger charge is -2.42. The standard InChI is InChI=1S/C28H31NO9/c1-11-4-3-5-14-19(11)26(35)22-21(24(14)33)25(34)15-8-28(37,18(31)10-30)9-17(20(15)27(22)36)38-13-6-12(2)23(32)16(29)7-13/h3-5,12-13,16-17,23,30,32,34,36-37H,6-10,29H2,1-2H3/t12?,13?,16?,17?,23?,28-/m0/s1. The molecule has 5 unspecified atom stereocenters. The van der Waals surface area contributed by atoms with Gasteiger partial charge in [0.15, 0.2) is 17.3 Å². The highest BCUT2D eigenvalue weighted by Crippen LogP contribution is 2.52.